The number of rotatable bonds is 26. The predicted octanol–water partition coefficient (Wildman–Crippen LogP) is 8.41. The molecule has 0 aromatic heterocycles. The number of methoxy groups -OCH3 is 2. The van der Waals surface area contributed by atoms with E-state index in [0.717, 1.165) is 51.4 Å². The summed E-state index contributed by atoms with van der Waals surface area (Å²) in [5.74, 6) is 0.401. The van der Waals surface area contributed by atoms with E-state index in [1.54, 1.807) is 0 Å². The van der Waals surface area contributed by atoms with E-state index >= 15 is 0 Å². The van der Waals surface area contributed by atoms with Gasteiger partial charge < -0.3 is 31.2 Å². The molecule has 0 saturated carbocycles. The molecule has 2 atom stereocenters. The third-order valence-electron chi connectivity index (χ3n) is 8.18. The average Bonchev–Trinajstić information content (AvgIpc) is 3.04. The number of ether oxygens (including phenoxy) is 4. The molecule has 0 aliphatic heterocycles. The third kappa shape index (κ3) is 16.4. The van der Waals surface area contributed by atoms with Crippen LogP contribution in [0.3, 0.4) is 0 Å². The first-order valence-corrected chi connectivity index (χ1v) is 19.9. The van der Waals surface area contributed by atoms with Crippen molar-refractivity contribution in [3.05, 3.63) is 47.5 Å². The maximum atomic E-state index is 13.2. The summed E-state index contributed by atoms with van der Waals surface area (Å²) in [6.45, 7) is 5.19. The molecule has 2 aromatic rings. The van der Waals surface area contributed by atoms with Crippen LogP contribution < -0.4 is 31.2 Å². The summed E-state index contributed by atoms with van der Waals surface area (Å²) in [7, 11) is -6.86. The molecule has 0 aliphatic carbocycles. The summed E-state index contributed by atoms with van der Waals surface area (Å²) in [6, 6.07) is 8.60. The molecule has 50 heavy (non-hydrogen) atoms. The predicted molar refractivity (Wildman–Crippen MR) is 197 cm³/mol. The molecule has 2 aromatic carbocycles. The minimum atomic E-state index is -4.82. The lowest BCUT2D eigenvalue weighted by Crippen LogP contribution is -2.21. The second-order valence-electron chi connectivity index (χ2n) is 12.0. The van der Waals surface area contributed by atoms with Crippen molar-refractivity contribution < 1.29 is 49.7 Å². The van der Waals surface area contributed by atoms with Crippen LogP contribution in [0.15, 0.2) is 36.4 Å². The van der Waals surface area contributed by atoms with Crippen molar-refractivity contribution >= 4 is 26.0 Å². The van der Waals surface area contributed by atoms with E-state index in [9.17, 15) is 30.7 Å². The largest absolute Gasteiger partial charge is 0.493 e. The molecule has 0 bridgehead atoms. The number of hydrogen-bond donors (Lipinski definition) is 4. The Morgan fingerprint density at radius 2 is 0.920 bits per heavy atom. The Hall–Kier alpha value is -2.95. The van der Waals surface area contributed by atoms with Gasteiger partial charge in [0.15, 0.2) is 23.0 Å². The van der Waals surface area contributed by atoms with Gasteiger partial charge in [0, 0.05) is 12.8 Å². The summed E-state index contributed by atoms with van der Waals surface area (Å²) in [4.78, 5) is 13.2. The first-order valence-electron chi connectivity index (χ1n) is 16.9. The van der Waals surface area contributed by atoms with Crippen molar-refractivity contribution in [1.82, 2.24) is 12.3 Å². The molecule has 2 unspecified atom stereocenters. The SMILES string of the molecule is CCCCCCCCOc1ccc(C(CC(=O)CC(c2ccc(OCCCCCCCC)c(OC)c2)S(=O)(=O)O)S(=O)(=O)O)cc1OC.N.N. The van der Waals surface area contributed by atoms with Crippen LogP contribution in [0.2, 0.25) is 0 Å². The van der Waals surface area contributed by atoms with E-state index in [4.69, 9.17) is 18.9 Å². The van der Waals surface area contributed by atoms with Crippen molar-refractivity contribution in [2.45, 2.75) is 114 Å². The minimum absolute atomic E-state index is 0. The van der Waals surface area contributed by atoms with Gasteiger partial charge >= 0.3 is 0 Å². The van der Waals surface area contributed by atoms with Gasteiger partial charge in [0.2, 0.25) is 0 Å². The van der Waals surface area contributed by atoms with Crippen LogP contribution >= 0.6 is 0 Å². The zero-order chi connectivity index (χ0) is 35.6. The number of Topliss-reactive ketones (excluding diaryl/α,β-unsaturated/α-hetero) is 1. The number of benzene rings is 2. The summed E-state index contributed by atoms with van der Waals surface area (Å²) in [6.07, 6.45) is 11.5. The second-order valence-corrected chi connectivity index (χ2v) is 15.2. The van der Waals surface area contributed by atoms with Crippen LogP contribution in [0.4, 0.5) is 0 Å². The van der Waals surface area contributed by atoms with Crippen LogP contribution in [0.5, 0.6) is 23.0 Å². The van der Waals surface area contributed by atoms with E-state index in [1.807, 2.05) is 0 Å². The first kappa shape index (κ1) is 47.0. The Balaban J connectivity index is 0.0000120. The van der Waals surface area contributed by atoms with Gasteiger partial charge in [-0.25, -0.2) is 0 Å². The molecular formula is C35H60N2O11S2. The van der Waals surface area contributed by atoms with Crippen molar-refractivity contribution in [3.63, 3.8) is 0 Å². The van der Waals surface area contributed by atoms with Gasteiger partial charge in [-0.05, 0) is 48.2 Å². The maximum Gasteiger partial charge on any atom is 0.272 e. The lowest BCUT2D eigenvalue weighted by atomic mass is 10.0. The Bertz CT molecular complexity index is 1380. The molecule has 2 rings (SSSR count). The number of unbranched alkanes of at least 4 members (excludes halogenated alkanes) is 10. The topological polar surface area (TPSA) is 233 Å². The fourth-order valence-corrected chi connectivity index (χ4v) is 7.20. The van der Waals surface area contributed by atoms with Crippen molar-refractivity contribution in [3.8, 4) is 23.0 Å². The summed E-state index contributed by atoms with van der Waals surface area (Å²) >= 11 is 0. The van der Waals surface area contributed by atoms with Crippen molar-refractivity contribution in [2.24, 2.45) is 0 Å². The number of hydrogen-bond acceptors (Lipinski definition) is 11. The van der Waals surface area contributed by atoms with E-state index < -0.39 is 49.4 Å². The molecule has 0 aliphatic rings. The molecule has 0 radical (unpaired) electrons. The van der Waals surface area contributed by atoms with Gasteiger partial charge in [0.05, 0.1) is 27.4 Å². The van der Waals surface area contributed by atoms with Gasteiger partial charge in [0.1, 0.15) is 16.3 Å². The minimum Gasteiger partial charge on any atom is -0.493 e. The molecule has 15 heteroatoms. The van der Waals surface area contributed by atoms with Crippen LogP contribution in [0.25, 0.3) is 0 Å². The summed E-state index contributed by atoms with van der Waals surface area (Å²) in [5.41, 5.74) is 0.123. The fourth-order valence-electron chi connectivity index (χ4n) is 5.42. The normalized spacial score (nSPS) is 12.6. The molecule has 0 heterocycles. The molecule has 13 nitrogen and oxygen atoms in total. The van der Waals surface area contributed by atoms with Gasteiger partial charge in [-0.2, -0.15) is 16.8 Å². The highest BCUT2D eigenvalue weighted by Gasteiger charge is 2.34. The molecule has 0 amide bonds. The molecule has 0 fully saturated rings. The Labute approximate surface area is 299 Å². The highest BCUT2D eigenvalue weighted by molar-refractivity contribution is 7.86. The third-order valence-corrected chi connectivity index (χ3v) is 10.5. The van der Waals surface area contributed by atoms with Gasteiger partial charge in [-0.3, -0.25) is 13.9 Å². The summed E-state index contributed by atoms with van der Waals surface area (Å²) in [5, 5.41) is -3.42. The highest BCUT2D eigenvalue weighted by atomic mass is 32.2. The van der Waals surface area contributed by atoms with Crippen LogP contribution in [-0.2, 0) is 25.0 Å². The highest BCUT2D eigenvalue weighted by Crippen LogP contribution is 2.37. The van der Waals surface area contributed by atoms with E-state index in [0.29, 0.717) is 24.7 Å². The quantitative estimate of drug-likeness (QED) is 0.0523. The zero-order valence-corrected chi connectivity index (χ0v) is 31.9. The Kier molecular flexibility index (Phi) is 22.8. The fraction of sp³-hybridized carbons (Fsp3) is 0.629. The van der Waals surface area contributed by atoms with Crippen molar-refractivity contribution in [1.29, 1.82) is 0 Å². The number of ketones is 1. The van der Waals surface area contributed by atoms with Crippen LogP contribution in [0.1, 0.15) is 125 Å². The Morgan fingerprint density at radius 3 is 1.24 bits per heavy atom. The lowest BCUT2D eigenvalue weighted by molar-refractivity contribution is -0.119. The second kappa shape index (κ2) is 24.3. The maximum absolute atomic E-state index is 13.2. The smallest absolute Gasteiger partial charge is 0.272 e. The van der Waals surface area contributed by atoms with Gasteiger partial charge in [-0.1, -0.05) is 90.2 Å². The first-order chi connectivity index (χ1) is 22.8. The van der Waals surface area contributed by atoms with Gasteiger partial charge in [-0.15, -0.1) is 0 Å². The van der Waals surface area contributed by atoms with Gasteiger partial charge in [0.25, 0.3) is 20.2 Å². The monoisotopic (exact) mass is 748 g/mol. The number of carbonyl (C=O) groups excluding carboxylic acids is 1. The van der Waals surface area contributed by atoms with E-state index in [2.05, 4.69) is 13.8 Å². The summed E-state index contributed by atoms with van der Waals surface area (Å²) < 4.78 is 92.4. The molecular weight excluding hydrogens is 689 g/mol. The molecule has 8 N–H and O–H groups in total. The lowest BCUT2D eigenvalue weighted by Gasteiger charge is -2.19. The van der Waals surface area contributed by atoms with Crippen molar-refractivity contribution in [2.75, 3.05) is 27.4 Å². The Morgan fingerprint density at radius 1 is 0.580 bits per heavy atom. The molecule has 288 valence electrons. The van der Waals surface area contributed by atoms with Crippen LogP contribution in [0, 0.1) is 0 Å². The van der Waals surface area contributed by atoms with Crippen LogP contribution in [-0.4, -0.2) is 59.2 Å². The average molecular weight is 749 g/mol. The standard InChI is InChI=1S/C35H54O11S2.2H3N/c1-5-7-9-11-13-15-21-45-30-19-17-27(23-32(30)43-3)34(47(37,38)39)25-29(36)26-35(48(40,41)42)28-18-20-31(33(24-28)44-4)46-22-16-14-12-10-8-6-2;;/h17-20,23-24,34-35H,5-16,21-22,25-26H2,1-4H3,(H,37,38,39)(H,40,41,42);2*1H3. The zero-order valence-electron chi connectivity index (χ0n) is 30.2. The van der Waals surface area contributed by atoms with E-state index in [-0.39, 0.29) is 34.9 Å². The van der Waals surface area contributed by atoms with E-state index in [1.165, 1.54) is 76.3 Å². The molecule has 0 saturated heterocycles. The number of carbonyl (C=O) groups is 1. The molecule has 0 spiro atoms.